The van der Waals surface area contributed by atoms with Gasteiger partial charge >= 0.3 is 0 Å². The highest BCUT2D eigenvalue weighted by atomic mass is 19.1. The van der Waals surface area contributed by atoms with Crippen molar-refractivity contribution in [3.8, 4) is 6.07 Å². The van der Waals surface area contributed by atoms with Crippen LogP contribution in [0.2, 0.25) is 0 Å². The highest BCUT2D eigenvalue weighted by Crippen LogP contribution is 2.28. The number of nitriles is 1. The van der Waals surface area contributed by atoms with Crippen molar-refractivity contribution in [2.75, 3.05) is 6.54 Å². The van der Waals surface area contributed by atoms with Crippen molar-refractivity contribution < 1.29 is 9.18 Å². The fourth-order valence-corrected chi connectivity index (χ4v) is 2.03. The van der Waals surface area contributed by atoms with Crippen LogP contribution in [-0.4, -0.2) is 23.4 Å². The maximum atomic E-state index is 13.3. The summed E-state index contributed by atoms with van der Waals surface area (Å²) in [7, 11) is 0. The molecule has 1 aliphatic rings. The fraction of sp³-hybridized carbons (Fsp3) is 0.429. The lowest BCUT2D eigenvalue weighted by Crippen LogP contribution is -2.34. The van der Waals surface area contributed by atoms with E-state index in [4.69, 9.17) is 5.26 Å². The summed E-state index contributed by atoms with van der Waals surface area (Å²) in [5, 5.41) is 8.61. The summed E-state index contributed by atoms with van der Waals surface area (Å²) in [4.78, 5) is 14.0. The minimum Gasteiger partial charge on any atom is -0.335 e. The first-order valence-corrected chi connectivity index (χ1v) is 6.07. The van der Waals surface area contributed by atoms with Crippen LogP contribution in [0.3, 0.4) is 0 Å². The van der Waals surface area contributed by atoms with E-state index in [-0.39, 0.29) is 11.9 Å². The second-order valence-electron chi connectivity index (χ2n) is 4.66. The molecule has 1 aliphatic carbocycles. The molecule has 1 aromatic carbocycles. The molecular formula is C14H15FN2O. The van der Waals surface area contributed by atoms with Crippen molar-refractivity contribution in [3.63, 3.8) is 0 Å². The third-order valence-corrected chi connectivity index (χ3v) is 3.00. The average molecular weight is 246 g/mol. The minimum absolute atomic E-state index is 0.171. The van der Waals surface area contributed by atoms with Gasteiger partial charge in [0, 0.05) is 18.2 Å². The van der Waals surface area contributed by atoms with Gasteiger partial charge < -0.3 is 4.90 Å². The van der Waals surface area contributed by atoms with E-state index >= 15 is 0 Å². The molecule has 0 radical (unpaired) electrons. The third kappa shape index (κ3) is 2.86. The normalized spacial score (nSPS) is 14.1. The molecule has 0 spiro atoms. The van der Waals surface area contributed by atoms with Crippen LogP contribution in [0.5, 0.6) is 0 Å². The van der Waals surface area contributed by atoms with Gasteiger partial charge in [-0.25, -0.2) is 4.39 Å². The van der Waals surface area contributed by atoms with Gasteiger partial charge in [0.05, 0.1) is 12.5 Å². The van der Waals surface area contributed by atoms with E-state index in [1.165, 1.54) is 12.1 Å². The van der Waals surface area contributed by atoms with Crippen LogP contribution in [-0.2, 0) is 0 Å². The van der Waals surface area contributed by atoms with Crippen LogP contribution in [0.1, 0.15) is 35.2 Å². The van der Waals surface area contributed by atoms with Crippen molar-refractivity contribution in [1.82, 2.24) is 4.90 Å². The zero-order chi connectivity index (χ0) is 13.1. The Bertz CT molecular complexity index is 483. The second kappa shape index (κ2) is 5.18. The van der Waals surface area contributed by atoms with Crippen LogP contribution in [0.25, 0.3) is 0 Å². The fourth-order valence-electron chi connectivity index (χ4n) is 2.03. The van der Waals surface area contributed by atoms with Crippen LogP contribution in [0, 0.1) is 24.1 Å². The SMILES string of the molecule is Cc1cc(F)cc(C(=O)N(CCC#N)C2CC2)c1. The molecule has 1 fully saturated rings. The highest BCUT2D eigenvalue weighted by molar-refractivity contribution is 5.94. The molecule has 1 amide bonds. The maximum Gasteiger partial charge on any atom is 0.254 e. The number of halogens is 1. The predicted molar refractivity (Wildman–Crippen MR) is 65.4 cm³/mol. The molecule has 0 N–H and O–H groups in total. The number of benzene rings is 1. The van der Waals surface area contributed by atoms with Gasteiger partial charge in [-0.15, -0.1) is 0 Å². The molecule has 18 heavy (non-hydrogen) atoms. The topological polar surface area (TPSA) is 44.1 Å². The van der Waals surface area contributed by atoms with Gasteiger partial charge in [-0.2, -0.15) is 5.26 Å². The molecule has 1 aromatic rings. The van der Waals surface area contributed by atoms with Crippen molar-refractivity contribution in [1.29, 1.82) is 5.26 Å². The van der Waals surface area contributed by atoms with Gasteiger partial charge in [0.15, 0.2) is 0 Å². The van der Waals surface area contributed by atoms with Gasteiger partial charge in [0.2, 0.25) is 0 Å². The lowest BCUT2D eigenvalue weighted by Gasteiger charge is -2.21. The average Bonchev–Trinajstić information content (AvgIpc) is 3.12. The Kier molecular flexibility index (Phi) is 3.61. The molecule has 0 heterocycles. The Morgan fingerprint density at radius 1 is 1.50 bits per heavy atom. The maximum absolute atomic E-state index is 13.3. The number of carbonyl (C=O) groups excluding carboxylic acids is 1. The van der Waals surface area contributed by atoms with Crippen LogP contribution < -0.4 is 0 Å². The molecule has 0 unspecified atom stereocenters. The van der Waals surface area contributed by atoms with E-state index in [0.29, 0.717) is 18.5 Å². The third-order valence-electron chi connectivity index (χ3n) is 3.00. The molecular weight excluding hydrogens is 231 g/mol. The largest absolute Gasteiger partial charge is 0.335 e. The Labute approximate surface area is 106 Å². The van der Waals surface area contributed by atoms with Crippen LogP contribution in [0.15, 0.2) is 18.2 Å². The molecule has 4 heteroatoms. The summed E-state index contributed by atoms with van der Waals surface area (Å²) in [5.41, 5.74) is 1.10. The lowest BCUT2D eigenvalue weighted by molar-refractivity contribution is 0.0746. The number of aryl methyl sites for hydroxylation is 1. The van der Waals surface area contributed by atoms with E-state index < -0.39 is 5.82 Å². The summed E-state index contributed by atoms with van der Waals surface area (Å²) in [5.74, 6) is -0.565. The second-order valence-corrected chi connectivity index (χ2v) is 4.66. The van der Waals surface area contributed by atoms with Crippen molar-refractivity contribution in [2.45, 2.75) is 32.2 Å². The number of amides is 1. The van der Waals surface area contributed by atoms with Gasteiger partial charge in [-0.1, -0.05) is 0 Å². The summed E-state index contributed by atoms with van der Waals surface area (Å²) in [6.45, 7) is 2.19. The monoisotopic (exact) mass is 246 g/mol. The number of nitrogens with zero attached hydrogens (tertiary/aromatic N) is 2. The molecule has 0 saturated heterocycles. The zero-order valence-electron chi connectivity index (χ0n) is 10.3. The zero-order valence-corrected chi connectivity index (χ0v) is 10.3. The minimum atomic E-state index is -0.394. The van der Waals surface area contributed by atoms with E-state index in [1.807, 2.05) is 6.07 Å². The van der Waals surface area contributed by atoms with Gasteiger partial charge in [-0.3, -0.25) is 4.79 Å². The molecule has 0 bridgehead atoms. The van der Waals surface area contributed by atoms with Crippen LogP contribution >= 0.6 is 0 Å². The first-order valence-electron chi connectivity index (χ1n) is 6.07. The number of rotatable bonds is 4. The van der Waals surface area contributed by atoms with E-state index in [0.717, 1.165) is 18.4 Å². The summed E-state index contributed by atoms with van der Waals surface area (Å²) in [6, 6.07) is 6.62. The number of carbonyl (C=O) groups is 1. The van der Waals surface area contributed by atoms with Crippen molar-refractivity contribution in [2.24, 2.45) is 0 Å². The Balaban J connectivity index is 2.19. The molecule has 3 nitrogen and oxygen atoms in total. The standard InChI is InChI=1S/C14H15FN2O/c1-10-7-11(9-12(15)8-10)14(18)17(6-2-5-16)13-3-4-13/h7-9,13H,2-4,6H2,1H3. The predicted octanol–water partition coefficient (Wildman–Crippen LogP) is 2.65. The van der Waals surface area contributed by atoms with Gasteiger partial charge in [0.25, 0.3) is 5.91 Å². The summed E-state index contributed by atoms with van der Waals surface area (Å²) >= 11 is 0. The molecule has 0 aromatic heterocycles. The van der Waals surface area contributed by atoms with Gasteiger partial charge in [0.1, 0.15) is 5.82 Å². The first kappa shape index (κ1) is 12.6. The number of hydrogen-bond acceptors (Lipinski definition) is 2. The Morgan fingerprint density at radius 2 is 2.22 bits per heavy atom. The molecule has 0 atom stereocenters. The Morgan fingerprint density at radius 3 is 2.78 bits per heavy atom. The highest BCUT2D eigenvalue weighted by Gasteiger charge is 2.32. The Hall–Kier alpha value is -1.89. The molecule has 2 rings (SSSR count). The molecule has 94 valence electrons. The molecule has 0 aliphatic heterocycles. The van der Waals surface area contributed by atoms with E-state index in [9.17, 15) is 9.18 Å². The van der Waals surface area contributed by atoms with Crippen molar-refractivity contribution in [3.05, 3.63) is 35.1 Å². The summed E-state index contributed by atoms with van der Waals surface area (Å²) in [6.07, 6.45) is 2.27. The molecule has 1 saturated carbocycles. The smallest absolute Gasteiger partial charge is 0.254 e. The van der Waals surface area contributed by atoms with Crippen LogP contribution in [0.4, 0.5) is 4.39 Å². The van der Waals surface area contributed by atoms with E-state index in [2.05, 4.69) is 0 Å². The van der Waals surface area contributed by atoms with E-state index in [1.54, 1.807) is 17.9 Å². The summed E-state index contributed by atoms with van der Waals surface area (Å²) < 4.78 is 13.3. The first-order chi connectivity index (χ1) is 8.61. The van der Waals surface area contributed by atoms with Crippen molar-refractivity contribution >= 4 is 5.91 Å². The van der Waals surface area contributed by atoms with Gasteiger partial charge in [-0.05, 0) is 43.5 Å². The number of hydrogen-bond donors (Lipinski definition) is 0. The lowest BCUT2D eigenvalue weighted by atomic mass is 10.1. The quantitative estimate of drug-likeness (QED) is 0.819.